The van der Waals surface area contributed by atoms with Crippen LogP contribution in [-0.2, 0) is 21.1 Å². The molecule has 1 aliphatic heterocycles. The number of likely N-dealkylation sites (tertiary alicyclic amines) is 1. The third kappa shape index (κ3) is 4.07. The SMILES string of the molecule is O=C(Cc1ccc(-c2ccccc2)cc1)N1CC(S(=O)(=O)c2ccc(F)cc2)C1. The van der Waals surface area contributed by atoms with E-state index in [4.69, 9.17) is 0 Å². The number of sulfone groups is 1. The van der Waals surface area contributed by atoms with E-state index in [2.05, 4.69) is 0 Å². The highest BCUT2D eigenvalue weighted by atomic mass is 32.2. The molecule has 0 radical (unpaired) electrons. The topological polar surface area (TPSA) is 54.5 Å². The zero-order chi connectivity index (χ0) is 20.4. The molecule has 1 aliphatic rings. The van der Waals surface area contributed by atoms with Crippen LogP contribution in [0.1, 0.15) is 5.56 Å². The van der Waals surface area contributed by atoms with Crippen LogP contribution < -0.4 is 0 Å². The van der Waals surface area contributed by atoms with Crippen molar-refractivity contribution in [2.24, 2.45) is 0 Å². The fourth-order valence-corrected chi connectivity index (χ4v) is 5.04. The van der Waals surface area contributed by atoms with Gasteiger partial charge < -0.3 is 4.90 Å². The number of hydrogen-bond acceptors (Lipinski definition) is 3. The van der Waals surface area contributed by atoms with Crippen molar-refractivity contribution < 1.29 is 17.6 Å². The first-order valence-electron chi connectivity index (χ1n) is 9.35. The Hall–Kier alpha value is -2.99. The lowest BCUT2D eigenvalue weighted by Gasteiger charge is -2.38. The predicted molar refractivity (Wildman–Crippen MR) is 110 cm³/mol. The van der Waals surface area contributed by atoms with Crippen molar-refractivity contribution >= 4 is 15.7 Å². The number of carbonyl (C=O) groups excluding carboxylic acids is 1. The van der Waals surface area contributed by atoms with Gasteiger partial charge in [0.2, 0.25) is 5.91 Å². The van der Waals surface area contributed by atoms with E-state index >= 15 is 0 Å². The Labute approximate surface area is 169 Å². The van der Waals surface area contributed by atoms with Crippen LogP contribution in [0.25, 0.3) is 11.1 Å². The Kier molecular flexibility index (Phi) is 5.20. The second kappa shape index (κ2) is 7.79. The lowest BCUT2D eigenvalue weighted by atomic mass is 10.0. The second-order valence-corrected chi connectivity index (χ2v) is 9.39. The average molecular weight is 409 g/mol. The van der Waals surface area contributed by atoms with Crippen LogP contribution in [0.15, 0.2) is 83.8 Å². The maximum Gasteiger partial charge on any atom is 0.227 e. The first-order chi connectivity index (χ1) is 13.9. The first kappa shape index (κ1) is 19.3. The van der Waals surface area contributed by atoms with Gasteiger partial charge in [0.1, 0.15) is 11.1 Å². The smallest absolute Gasteiger partial charge is 0.227 e. The van der Waals surface area contributed by atoms with Gasteiger partial charge in [0.05, 0.1) is 11.3 Å². The van der Waals surface area contributed by atoms with Crippen LogP contribution in [0, 0.1) is 5.82 Å². The highest BCUT2D eigenvalue weighted by molar-refractivity contribution is 7.92. The second-order valence-electron chi connectivity index (χ2n) is 7.16. The van der Waals surface area contributed by atoms with Gasteiger partial charge in [0, 0.05) is 13.1 Å². The normalized spacial score (nSPS) is 14.4. The highest BCUT2D eigenvalue weighted by Gasteiger charge is 2.40. The molecule has 29 heavy (non-hydrogen) atoms. The lowest BCUT2D eigenvalue weighted by Crippen LogP contribution is -2.57. The molecule has 0 unspecified atom stereocenters. The summed E-state index contributed by atoms with van der Waals surface area (Å²) in [5, 5.41) is -0.641. The molecule has 148 valence electrons. The number of benzene rings is 3. The van der Waals surface area contributed by atoms with E-state index in [0.29, 0.717) is 0 Å². The van der Waals surface area contributed by atoms with E-state index in [1.165, 1.54) is 12.1 Å². The monoisotopic (exact) mass is 409 g/mol. The largest absolute Gasteiger partial charge is 0.340 e. The third-order valence-electron chi connectivity index (χ3n) is 5.20. The molecular formula is C23H20FNO3S. The summed E-state index contributed by atoms with van der Waals surface area (Å²) in [6, 6.07) is 22.6. The molecule has 0 spiro atoms. The summed E-state index contributed by atoms with van der Waals surface area (Å²) in [7, 11) is -3.56. The van der Waals surface area contributed by atoms with Gasteiger partial charge in [-0.1, -0.05) is 54.6 Å². The van der Waals surface area contributed by atoms with Crippen LogP contribution in [0.2, 0.25) is 0 Å². The number of carbonyl (C=O) groups is 1. The summed E-state index contributed by atoms with van der Waals surface area (Å²) < 4.78 is 38.1. The molecule has 1 saturated heterocycles. The summed E-state index contributed by atoms with van der Waals surface area (Å²) in [5.41, 5.74) is 3.08. The molecule has 0 aromatic heterocycles. The minimum absolute atomic E-state index is 0.0903. The summed E-state index contributed by atoms with van der Waals surface area (Å²) >= 11 is 0. The summed E-state index contributed by atoms with van der Waals surface area (Å²) in [5.74, 6) is -0.573. The van der Waals surface area contributed by atoms with Gasteiger partial charge in [0.25, 0.3) is 0 Å². The Morgan fingerprint density at radius 2 is 1.45 bits per heavy atom. The van der Waals surface area contributed by atoms with Crippen LogP contribution in [0.3, 0.4) is 0 Å². The minimum Gasteiger partial charge on any atom is -0.340 e. The molecule has 3 aromatic rings. The van der Waals surface area contributed by atoms with Crippen LogP contribution in [-0.4, -0.2) is 37.6 Å². The maximum absolute atomic E-state index is 13.0. The quantitative estimate of drug-likeness (QED) is 0.604. The Morgan fingerprint density at radius 3 is 2.07 bits per heavy atom. The summed E-state index contributed by atoms with van der Waals surface area (Å²) in [6.45, 7) is 0.335. The molecule has 0 saturated carbocycles. The number of amides is 1. The molecular weight excluding hydrogens is 389 g/mol. The zero-order valence-electron chi connectivity index (χ0n) is 15.7. The van der Waals surface area contributed by atoms with Crippen molar-refractivity contribution in [2.75, 3.05) is 13.1 Å². The van der Waals surface area contributed by atoms with Crippen LogP contribution >= 0.6 is 0 Å². The summed E-state index contributed by atoms with van der Waals surface area (Å²) in [6.07, 6.45) is 0.235. The van der Waals surface area contributed by atoms with Crippen LogP contribution in [0.5, 0.6) is 0 Å². The van der Waals surface area contributed by atoms with Gasteiger partial charge in [0.15, 0.2) is 9.84 Å². The fraction of sp³-hybridized carbons (Fsp3) is 0.174. The molecule has 4 rings (SSSR count). The Morgan fingerprint density at radius 1 is 0.862 bits per heavy atom. The average Bonchev–Trinajstić information content (AvgIpc) is 2.68. The first-order valence-corrected chi connectivity index (χ1v) is 10.9. The standard InChI is InChI=1S/C23H20FNO3S/c24-20-10-12-21(13-11-20)29(27,28)22-15-25(16-22)23(26)14-17-6-8-19(9-7-17)18-4-2-1-3-5-18/h1-13,22H,14-16H2. The van der Waals surface area contributed by atoms with Crippen LogP contribution in [0.4, 0.5) is 4.39 Å². The third-order valence-corrected chi connectivity index (χ3v) is 7.30. The van der Waals surface area contributed by atoms with Crippen molar-refractivity contribution in [3.63, 3.8) is 0 Å². The molecule has 0 N–H and O–H groups in total. The van der Waals surface area contributed by atoms with E-state index in [1.54, 1.807) is 4.90 Å². The minimum atomic E-state index is -3.56. The van der Waals surface area contributed by atoms with Gasteiger partial charge in [-0.05, 0) is 41.0 Å². The van der Waals surface area contributed by atoms with E-state index < -0.39 is 20.9 Å². The molecule has 3 aromatic carbocycles. The van der Waals surface area contributed by atoms with Gasteiger partial charge in [-0.15, -0.1) is 0 Å². The predicted octanol–water partition coefficient (Wildman–Crippen LogP) is 3.72. The molecule has 0 bridgehead atoms. The van der Waals surface area contributed by atoms with Crippen molar-refractivity contribution in [3.8, 4) is 11.1 Å². The lowest BCUT2D eigenvalue weighted by molar-refractivity contribution is -0.133. The van der Waals surface area contributed by atoms with Gasteiger partial charge >= 0.3 is 0 Å². The number of halogens is 1. The molecule has 4 nitrogen and oxygen atoms in total. The molecule has 1 fully saturated rings. The highest BCUT2D eigenvalue weighted by Crippen LogP contribution is 2.25. The van der Waals surface area contributed by atoms with Crippen molar-refractivity contribution in [3.05, 3.63) is 90.2 Å². The van der Waals surface area contributed by atoms with E-state index in [9.17, 15) is 17.6 Å². The maximum atomic E-state index is 13.0. The number of hydrogen-bond donors (Lipinski definition) is 0. The van der Waals surface area contributed by atoms with Crippen molar-refractivity contribution in [1.29, 1.82) is 0 Å². The Bertz CT molecular complexity index is 1110. The van der Waals surface area contributed by atoms with E-state index in [1.807, 2.05) is 54.6 Å². The fourth-order valence-electron chi connectivity index (χ4n) is 3.39. The van der Waals surface area contributed by atoms with Crippen molar-refractivity contribution in [1.82, 2.24) is 4.90 Å². The van der Waals surface area contributed by atoms with Gasteiger partial charge in [-0.25, -0.2) is 12.8 Å². The Balaban J connectivity index is 1.35. The molecule has 0 aliphatic carbocycles. The van der Waals surface area contributed by atoms with E-state index in [0.717, 1.165) is 28.8 Å². The summed E-state index contributed by atoms with van der Waals surface area (Å²) in [4.78, 5) is 14.1. The van der Waals surface area contributed by atoms with Gasteiger partial charge in [-0.2, -0.15) is 0 Å². The number of rotatable bonds is 5. The molecule has 1 amide bonds. The van der Waals surface area contributed by atoms with Crippen molar-refractivity contribution in [2.45, 2.75) is 16.6 Å². The zero-order valence-corrected chi connectivity index (χ0v) is 16.5. The number of nitrogens with zero attached hydrogens (tertiary/aromatic N) is 1. The molecule has 6 heteroatoms. The molecule has 1 heterocycles. The molecule has 0 atom stereocenters. The van der Waals surface area contributed by atoms with E-state index in [-0.39, 0.29) is 30.3 Å². The van der Waals surface area contributed by atoms with Gasteiger partial charge in [-0.3, -0.25) is 4.79 Å².